The zero-order chi connectivity index (χ0) is 29.7. The zero-order valence-corrected chi connectivity index (χ0v) is 25.8. The van der Waals surface area contributed by atoms with E-state index >= 15 is 0 Å². The highest BCUT2D eigenvalue weighted by Gasteiger charge is 2.42. The maximum atomic E-state index is 13.8. The van der Waals surface area contributed by atoms with Gasteiger partial charge in [0.15, 0.2) is 0 Å². The van der Waals surface area contributed by atoms with Crippen molar-refractivity contribution >= 4 is 38.4 Å². The number of ether oxygens (including phenoxy) is 1. The molecule has 0 fully saturated rings. The van der Waals surface area contributed by atoms with Crippen molar-refractivity contribution in [1.82, 2.24) is 19.3 Å². The molecular formula is C30H36N4O5S2. The molecule has 0 spiro atoms. The van der Waals surface area contributed by atoms with Crippen molar-refractivity contribution in [3.8, 4) is 5.75 Å². The van der Waals surface area contributed by atoms with Crippen molar-refractivity contribution in [2.24, 2.45) is 5.41 Å². The number of fused-ring (bicyclic) bond motifs is 2. The molecule has 41 heavy (non-hydrogen) atoms. The zero-order valence-electron chi connectivity index (χ0n) is 24.2. The second-order valence-electron chi connectivity index (χ2n) is 11.1. The van der Waals surface area contributed by atoms with Gasteiger partial charge in [-0.15, -0.1) is 16.4 Å². The van der Waals surface area contributed by atoms with E-state index < -0.39 is 27.3 Å². The van der Waals surface area contributed by atoms with Crippen LogP contribution in [0.3, 0.4) is 0 Å². The standard InChI is InChI=1S/C30H36N4O5S2/c1-7-21-17-33(41(37,38)26-12-10-9-11-24(26)39-21)16-20-15-25(40-19(20)4)27(30(5,6)29(35)36)22-13-14-23-28(18(22)3)31-32-34(23)8-2/h9-15,21,27H,7-8,16-17H2,1-6H3,(H,35,36)/t21-,27-/m1/s1. The fourth-order valence-corrected chi connectivity index (χ4v) is 8.51. The van der Waals surface area contributed by atoms with Gasteiger partial charge in [-0.2, -0.15) is 4.31 Å². The van der Waals surface area contributed by atoms with Crippen LogP contribution in [0.1, 0.15) is 66.5 Å². The average molecular weight is 597 g/mol. The molecule has 3 heterocycles. The fraction of sp³-hybridized carbons (Fsp3) is 0.433. The monoisotopic (exact) mass is 596 g/mol. The topological polar surface area (TPSA) is 115 Å². The number of nitrogens with zero attached hydrogens (tertiary/aromatic N) is 4. The summed E-state index contributed by atoms with van der Waals surface area (Å²) in [4.78, 5) is 14.6. The van der Waals surface area contributed by atoms with Crippen LogP contribution in [0.2, 0.25) is 0 Å². The molecule has 0 radical (unpaired) electrons. The van der Waals surface area contributed by atoms with Gasteiger partial charge in [-0.3, -0.25) is 4.79 Å². The van der Waals surface area contributed by atoms with Crippen LogP contribution in [0.15, 0.2) is 47.4 Å². The lowest BCUT2D eigenvalue weighted by Gasteiger charge is -2.31. The van der Waals surface area contributed by atoms with E-state index in [1.54, 1.807) is 38.1 Å². The highest BCUT2D eigenvalue weighted by Crippen LogP contribution is 2.47. The molecule has 2 aromatic heterocycles. The van der Waals surface area contributed by atoms with Gasteiger partial charge in [-0.05, 0) is 82.0 Å². The first kappa shape index (κ1) is 29.2. The van der Waals surface area contributed by atoms with Crippen LogP contribution in [0.4, 0.5) is 0 Å². The Balaban J connectivity index is 1.59. The van der Waals surface area contributed by atoms with E-state index in [0.717, 1.165) is 37.5 Å². The summed E-state index contributed by atoms with van der Waals surface area (Å²) in [5.41, 5.74) is 3.12. The lowest BCUT2D eigenvalue weighted by Crippen LogP contribution is -2.36. The number of carbonyl (C=O) groups is 1. The summed E-state index contributed by atoms with van der Waals surface area (Å²) in [7, 11) is -3.81. The molecule has 11 heteroatoms. The molecule has 1 N–H and O–H groups in total. The van der Waals surface area contributed by atoms with Gasteiger partial charge in [0, 0.05) is 28.8 Å². The molecule has 0 aliphatic carbocycles. The van der Waals surface area contributed by atoms with Crippen LogP contribution < -0.4 is 4.74 Å². The summed E-state index contributed by atoms with van der Waals surface area (Å²) in [6.45, 7) is 12.5. The summed E-state index contributed by atoms with van der Waals surface area (Å²) in [6.07, 6.45) is 0.379. The van der Waals surface area contributed by atoms with E-state index in [4.69, 9.17) is 4.74 Å². The Kier molecular flexibility index (Phi) is 7.73. The van der Waals surface area contributed by atoms with Gasteiger partial charge in [-0.1, -0.05) is 30.3 Å². The van der Waals surface area contributed by atoms with Gasteiger partial charge in [0.25, 0.3) is 0 Å². The number of aromatic nitrogens is 3. The lowest BCUT2D eigenvalue weighted by atomic mass is 9.72. The predicted molar refractivity (Wildman–Crippen MR) is 159 cm³/mol. The van der Waals surface area contributed by atoms with E-state index in [2.05, 4.69) is 10.3 Å². The van der Waals surface area contributed by atoms with Gasteiger partial charge in [0.1, 0.15) is 22.3 Å². The normalized spacial score (nSPS) is 18.0. The number of hydrogen-bond donors (Lipinski definition) is 1. The number of aliphatic carboxylic acids is 1. The number of aryl methyl sites for hydroxylation is 3. The highest BCUT2D eigenvalue weighted by atomic mass is 32.2. The summed E-state index contributed by atoms with van der Waals surface area (Å²) in [6, 6.07) is 12.7. The number of carboxylic acids is 1. The van der Waals surface area contributed by atoms with E-state index in [1.165, 1.54) is 15.6 Å². The molecule has 0 unspecified atom stereocenters. The smallest absolute Gasteiger partial charge is 0.310 e. The highest BCUT2D eigenvalue weighted by molar-refractivity contribution is 7.89. The van der Waals surface area contributed by atoms with Crippen LogP contribution in [0, 0.1) is 19.3 Å². The molecule has 4 aromatic rings. The van der Waals surface area contributed by atoms with E-state index in [-0.39, 0.29) is 24.1 Å². The molecule has 0 saturated heterocycles. The second kappa shape index (κ2) is 10.8. The minimum Gasteiger partial charge on any atom is -0.488 e. The van der Waals surface area contributed by atoms with Crippen molar-refractivity contribution in [3.63, 3.8) is 0 Å². The number of hydrogen-bond acceptors (Lipinski definition) is 7. The number of para-hydroxylation sites is 1. The Morgan fingerprint density at radius 2 is 1.93 bits per heavy atom. The second-order valence-corrected chi connectivity index (χ2v) is 14.3. The van der Waals surface area contributed by atoms with E-state index in [9.17, 15) is 18.3 Å². The van der Waals surface area contributed by atoms with Gasteiger partial charge in [0.05, 0.1) is 17.5 Å². The first-order valence-corrected chi connectivity index (χ1v) is 16.1. The third-order valence-corrected chi connectivity index (χ3v) is 11.2. The minimum atomic E-state index is -3.81. The number of benzene rings is 2. The molecule has 9 nitrogen and oxygen atoms in total. The molecule has 5 rings (SSSR count). The molecule has 1 aliphatic rings. The SMILES string of the molecule is CC[C@@H]1CN(Cc2cc([C@@H](c3ccc4c(nnn4CC)c3C)C(C)(C)C(=O)O)sc2C)S(=O)(=O)c2ccccc2O1. The summed E-state index contributed by atoms with van der Waals surface area (Å²) in [5, 5.41) is 19.0. The molecule has 0 saturated carbocycles. The van der Waals surface area contributed by atoms with Crippen LogP contribution in [-0.4, -0.2) is 51.4 Å². The molecule has 2 atom stereocenters. The Bertz CT molecular complexity index is 1720. The predicted octanol–water partition coefficient (Wildman–Crippen LogP) is 5.73. The van der Waals surface area contributed by atoms with Crippen LogP contribution in [0.5, 0.6) is 5.75 Å². The Morgan fingerprint density at radius 3 is 2.61 bits per heavy atom. The van der Waals surface area contributed by atoms with Crippen molar-refractivity contribution < 1.29 is 23.1 Å². The van der Waals surface area contributed by atoms with Crippen LogP contribution >= 0.6 is 11.3 Å². The first-order chi connectivity index (χ1) is 19.4. The quantitative estimate of drug-likeness (QED) is 0.276. The number of thiophene rings is 1. The fourth-order valence-electron chi connectivity index (χ4n) is 5.59. The van der Waals surface area contributed by atoms with Gasteiger partial charge in [0.2, 0.25) is 10.0 Å². The lowest BCUT2D eigenvalue weighted by molar-refractivity contribution is -0.147. The van der Waals surface area contributed by atoms with Crippen molar-refractivity contribution in [1.29, 1.82) is 0 Å². The van der Waals surface area contributed by atoms with E-state index in [0.29, 0.717) is 18.7 Å². The van der Waals surface area contributed by atoms with Crippen molar-refractivity contribution in [3.05, 3.63) is 68.9 Å². The molecule has 218 valence electrons. The maximum absolute atomic E-state index is 13.8. The Morgan fingerprint density at radius 1 is 1.20 bits per heavy atom. The molecular weight excluding hydrogens is 560 g/mol. The van der Waals surface area contributed by atoms with Gasteiger partial charge < -0.3 is 9.84 Å². The summed E-state index contributed by atoms with van der Waals surface area (Å²) in [5.74, 6) is -1.03. The number of sulfonamides is 1. The van der Waals surface area contributed by atoms with Gasteiger partial charge in [-0.25, -0.2) is 13.1 Å². The summed E-state index contributed by atoms with van der Waals surface area (Å²) >= 11 is 1.51. The molecule has 2 aromatic carbocycles. The van der Waals surface area contributed by atoms with E-state index in [1.807, 2.05) is 50.6 Å². The molecule has 0 amide bonds. The Labute approximate surface area is 244 Å². The third kappa shape index (κ3) is 5.04. The number of rotatable bonds is 8. The largest absolute Gasteiger partial charge is 0.488 e. The number of carboxylic acid groups (broad SMARTS) is 1. The third-order valence-electron chi connectivity index (χ3n) is 8.16. The molecule has 0 bridgehead atoms. The Hall–Kier alpha value is -3.28. The van der Waals surface area contributed by atoms with Crippen LogP contribution in [0.25, 0.3) is 11.0 Å². The average Bonchev–Trinajstić information content (AvgIpc) is 3.49. The van der Waals surface area contributed by atoms with Crippen molar-refractivity contribution in [2.75, 3.05) is 6.54 Å². The maximum Gasteiger partial charge on any atom is 0.310 e. The first-order valence-electron chi connectivity index (χ1n) is 13.8. The van der Waals surface area contributed by atoms with Crippen molar-refractivity contribution in [2.45, 2.75) is 78.0 Å². The summed E-state index contributed by atoms with van der Waals surface area (Å²) < 4.78 is 36.9. The van der Waals surface area contributed by atoms with Gasteiger partial charge >= 0.3 is 5.97 Å². The molecule has 1 aliphatic heterocycles. The minimum absolute atomic E-state index is 0.165. The van der Waals surface area contributed by atoms with Crippen LogP contribution in [-0.2, 0) is 27.9 Å².